The number of benzene rings is 2. The lowest BCUT2D eigenvalue weighted by atomic mass is 10.2. The molecular weight excluding hydrogens is 469 g/mol. The molecule has 0 heterocycles. The second kappa shape index (κ2) is 6.30. The molecule has 21 heavy (non-hydrogen) atoms. The lowest BCUT2D eigenvalue weighted by molar-refractivity contribution is 0.102. The number of rotatable bonds is 2. The monoisotopic (exact) mass is 473 g/mol. The molecule has 0 atom stereocenters. The van der Waals surface area contributed by atoms with Crippen molar-refractivity contribution in [3.63, 3.8) is 0 Å². The van der Waals surface area contributed by atoms with Crippen molar-refractivity contribution >= 4 is 50.1 Å². The van der Waals surface area contributed by atoms with Crippen molar-refractivity contribution in [2.45, 2.75) is 0 Å². The highest BCUT2D eigenvalue weighted by atomic mass is 127. The summed E-state index contributed by atoms with van der Waals surface area (Å²) in [4.78, 5) is 12.0. The first-order valence-corrected chi connectivity index (χ1v) is 7.28. The summed E-state index contributed by atoms with van der Waals surface area (Å²) in [7, 11) is 0. The van der Waals surface area contributed by atoms with E-state index < -0.39 is 34.9 Å². The number of anilines is 1. The van der Waals surface area contributed by atoms with Crippen LogP contribution in [0.5, 0.6) is 0 Å². The number of carbonyl (C=O) groups excluding carboxylic acids is 1. The van der Waals surface area contributed by atoms with Gasteiger partial charge >= 0.3 is 0 Å². The Labute approximate surface area is 138 Å². The first kappa shape index (κ1) is 16.2. The normalized spacial score (nSPS) is 10.6. The van der Waals surface area contributed by atoms with Gasteiger partial charge in [0.25, 0.3) is 5.91 Å². The third-order valence-corrected chi connectivity index (χ3v) is 3.96. The van der Waals surface area contributed by atoms with Crippen LogP contribution >= 0.6 is 38.5 Å². The van der Waals surface area contributed by atoms with Crippen molar-refractivity contribution in [2.75, 3.05) is 5.32 Å². The van der Waals surface area contributed by atoms with Crippen LogP contribution in [0, 0.1) is 26.8 Å². The molecular formula is C13H5BrF4INO. The average Bonchev–Trinajstić information content (AvgIpc) is 2.43. The fraction of sp³-hybridized carbons (Fsp3) is 0. The molecule has 2 aromatic rings. The van der Waals surface area contributed by atoms with Crippen molar-refractivity contribution < 1.29 is 22.4 Å². The van der Waals surface area contributed by atoms with Gasteiger partial charge in [0, 0.05) is 14.1 Å². The lowest BCUT2D eigenvalue weighted by Gasteiger charge is -2.10. The van der Waals surface area contributed by atoms with E-state index in [1.54, 1.807) is 12.1 Å². The van der Waals surface area contributed by atoms with E-state index in [9.17, 15) is 22.4 Å². The lowest BCUT2D eigenvalue weighted by Crippen LogP contribution is -2.17. The van der Waals surface area contributed by atoms with E-state index in [2.05, 4.69) is 15.9 Å². The minimum Gasteiger partial charge on any atom is -0.317 e. The Kier molecular flexibility index (Phi) is 4.87. The maximum Gasteiger partial charge on any atom is 0.256 e. The van der Waals surface area contributed by atoms with E-state index in [0.29, 0.717) is 8.04 Å². The van der Waals surface area contributed by atoms with Crippen LogP contribution in [0.4, 0.5) is 23.2 Å². The Morgan fingerprint density at radius 1 is 1.05 bits per heavy atom. The molecule has 0 aliphatic heterocycles. The largest absolute Gasteiger partial charge is 0.317 e. The van der Waals surface area contributed by atoms with E-state index in [0.717, 1.165) is 0 Å². The number of hydrogen-bond acceptors (Lipinski definition) is 1. The van der Waals surface area contributed by atoms with Crippen LogP contribution in [-0.4, -0.2) is 5.91 Å². The van der Waals surface area contributed by atoms with Crippen molar-refractivity contribution in [1.29, 1.82) is 0 Å². The maximum absolute atomic E-state index is 13.5. The summed E-state index contributed by atoms with van der Waals surface area (Å²) in [6.45, 7) is 0. The van der Waals surface area contributed by atoms with Crippen LogP contribution in [-0.2, 0) is 0 Å². The number of nitrogens with one attached hydrogen (secondary N) is 1. The van der Waals surface area contributed by atoms with Crippen LogP contribution in [0.15, 0.2) is 28.7 Å². The summed E-state index contributed by atoms with van der Waals surface area (Å²) in [5.41, 5.74) is -1.05. The first-order chi connectivity index (χ1) is 9.81. The van der Waals surface area contributed by atoms with Gasteiger partial charge in [0.15, 0.2) is 23.3 Å². The van der Waals surface area contributed by atoms with Crippen molar-refractivity contribution in [3.8, 4) is 0 Å². The predicted octanol–water partition coefficient (Wildman–Crippen LogP) is 4.86. The van der Waals surface area contributed by atoms with Crippen molar-refractivity contribution in [3.05, 3.63) is 61.1 Å². The van der Waals surface area contributed by atoms with Gasteiger partial charge in [-0.25, -0.2) is 17.6 Å². The maximum atomic E-state index is 13.5. The van der Waals surface area contributed by atoms with Crippen molar-refractivity contribution in [2.24, 2.45) is 0 Å². The fourth-order valence-electron chi connectivity index (χ4n) is 1.54. The van der Waals surface area contributed by atoms with Gasteiger partial charge in [-0.1, -0.05) is 15.9 Å². The Hall–Kier alpha value is -1.16. The molecule has 0 bridgehead atoms. The highest BCUT2D eigenvalue weighted by Crippen LogP contribution is 2.26. The summed E-state index contributed by atoms with van der Waals surface area (Å²) in [5, 5.41) is 1.85. The Morgan fingerprint density at radius 3 is 2.19 bits per heavy atom. The topological polar surface area (TPSA) is 29.1 Å². The van der Waals surface area contributed by atoms with Gasteiger partial charge in [-0.05, 0) is 40.8 Å². The molecule has 0 aliphatic carbocycles. The second-order valence-corrected chi connectivity index (χ2v) is 6.00. The van der Waals surface area contributed by atoms with Crippen LogP contribution in [0.2, 0.25) is 0 Å². The Morgan fingerprint density at radius 2 is 1.62 bits per heavy atom. The molecule has 2 rings (SSSR count). The molecule has 0 aromatic heterocycles. The quantitative estimate of drug-likeness (QED) is 0.376. The summed E-state index contributed by atoms with van der Waals surface area (Å²) >= 11 is 5.00. The molecule has 0 fully saturated rings. The third-order valence-electron chi connectivity index (χ3n) is 2.52. The molecule has 0 saturated carbocycles. The predicted molar refractivity (Wildman–Crippen MR) is 81.1 cm³/mol. The number of hydrogen-bond donors (Lipinski definition) is 1. The zero-order chi connectivity index (χ0) is 15.7. The van der Waals surface area contributed by atoms with E-state index in [1.807, 2.05) is 27.9 Å². The number of halogens is 6. The number of amides is 1. The first-order valence-electron chi connectivity index (χ1n) is 5.40. The average molecular weight is 474 g/mol. The van der Waals surface area contributed by atoms with Crippen molar-refractivity contribution in [1.82, 2.24) is 0 Å². The highest BCUT2D eigenvalue weighted by Gasteiger charge is 2.22. The summed E-state index contributed by atoms with van der Waals surface area (Å²) in [5.74, 6) is -7.38. The van der Waals surface area contributed by atoms with E-state index in [1.165, 1.54) is 6.07 Å². The SMILES string of the molecule is O=C(Nc1c(F)c(F)cc(F)c1F)c1cc(Br)ccc1I. The fourth-order valence-corrected chi connectivity index (χ4v) is 2.48. The summed E-state index contributed by atoms with van der Waals surface area (Å²) in [6.07, 6.45) is 0. The Bertz CT molecular complexity index is 712. The van der Waals surface area contributed by atoms with E-state index >= 15 is 0 Å². The van der Waals surface area contributed by atoms with Gasteiger partial charge in [-0.2, -0.15) is 0 Å². The van der Waals surface area contributed by atoms with Crippen LogP contribution < -0.4 is 5.32 Å². The summed E-state index contributed by atoms with van der Waals surface area (Å²) in [6, 6.07) is 4.76. The van der Waals surface area contributed by atoms with Gasteiger partial charge in [0.05, 0.1) is 5.56 Å². The van der Waals surface area contributed by atoms with Gasteiger partial charge in [0.1, 0.15) is 5.69 Å². The molecule has 0 aliphatic rings. The van der Waals surface area contributed by atoms with Gasteiger partial charge in [-0.15, -0.1) is 0 Å². The molecule has 0 saturated heterocycles. The molecule has 2 aromatic carbocycles. The van der Waals surface area contributed by atoms with Crippen LogP contribution in [0.1, 0.15) is 10.4 Å². The molecule has 0 unspecified atom stereocenters. The van der Waals surface area contributed by atoms with Gasteiger partial charge in [0.2, 0.25) is 0 Å². The molecule has 0 spiro atoms. The molecule has 8 heteroatoms. The zero-order valence-electron chi connectivity index (χ0n) is 9.99. The summed E-state index contributed by atoms with van der Waals surface area (Å²) < 4.78 is 54.2. The minimum absolute atomic E-state index is 0.0726. The highest BCUT2D eigenvalue weighted by molar-refractivity contribution is 14.1. The van der Waals surface area contributed by atoms with Crippen LogP contribution in [0.3, 0.4) is 0 Å². The molecule has 1 N–H and O–H groups in total. The standard InChI is InChI=1S/C13H5BrF4INO/c14-5-1-2-9(19)6(3-5)13(21)20-12-10(17)7(15)4-8(16)11(12)18/h1-4H,(H,20,21). The molecule has 1 amide bonds. The van der Waals surface area contributed by atoms with Crippen LogP contribution in [0.25, 0.3) is 0 Å². The zero-order valence-corrected chi connectivity index (χ0v) is 13.7. The Balaban J connectivity index is 2.43. The minimum atomic E-state index is -1.66. The smallest absolute Gasteiger partial charge is 0.256 e. The number of carbonyl (C=O) groups is 1. The third kappa shape index (κ3) is 3.37. The van der Waals surface area contributed by atoms with Gasteiger partial charge in [-0.3, -0.25) is 4.79 Å². The second-order valence-electron chi connectivity index (χ2n) is 3.92. The van der Waals surface area contributed by atoms with E-state index in [4.69, 9.17) is 0 Å². The molecule has 2 nitrogen and oxygen atoms in total. The van der Waals surface area contributed by atoms with Gasteiger partial charge < -0.3 is 5.32 Å². The van der Waals surface area contributed by atoms with E-state index in [-0.39, 0.29) is 11.6 Å². The molecule has 0 radical (unpaired) electrons. The molecule has 110 valence electrons.